The number of halogens is 2. The van der Waals surface area contributed by atoms with Crippen molar-refractivity contribution < 1.29 is 17.2 Å². The fourth-order valence-electron chi connectivity index (χ4n) is 2.68. The highest BCUT2D eigenvalue weighted by atomic mass is 32.2. The van der Waals surface area contributed by atoms with Crippen molar-refractivity contribution in [3.05, 3.63) is 35.4 Å². The molecule has 0 radical (unpaired) electrons. The van der Waals surface area contributed by atoms with Gasteiger partial charge in [-0.3, -0.25) is 0 Å². The van der Waals surface area contributed by atoms with E-state index in [1.165, 1.54) is 17.4 Å². The molecular weight excluding hydrogens is 324 g/mol. The Hall–Kier alpha value is -1.09. The van der Waals surface area contributed by atoms with Crippen LogP contribution in [0.4, 0.5) is 8.78 Å². The molecule has 0 spiro atoms. The van der Waals surface area contributed by atoms with Gasteiger partial charge in [0, 0.05) is 31.6 Å². The molecule has 23 heavy (non-hydrogen) atoms. The molecule has 1 saturated heterocycles. The van der Waals surface area contributed by atoms with Gasteiger partial charge in [-0.1, -0.05) is 6.07 Å². The minimum absolute atomic E-state index is 0.175. The second-order valence-corrected chi connectivity index (χ2v) is 7.87. The number of nitrogens with one attached hydrogen (secondary N) is 2. The lowest BCUT2D eigenvalue weighted by molar-refractivity contribution is 0.352. The number of benzene rings is 1. The van der Waals surface area contributed by atoms with Gasteiger partial charge in [-0.05, 0) is 44.5 Å². The van der Waals surface area contributed by atoms with Crippen LogP contribution in [0.15, 0.2) is 18.2 Å². The van der Waals surface area contributed by atoms with Gasteiger partial charge in [0.1, 0.15) is 0 Å². The van der Waals surface area contributed by atoms with Crippen LogP contribution in [0.5, 0.6) is 0 Å². The van der Waals surface area contributed by atoms with E-state index in [2.05, 4.69) is 10.0 Å². The highest BCUT2D eigenvalue weighted by molar-refractivity contribution is 7.87. The zero-order valence-electron chi connectivity index (χ0n) is 13.5. The first-order valence-corrected chi connectivity index (χ1v) is 9.07. The number of hydrogen-bond acceptors (Lipinski definition) is 3. The summed E-state index contributed by atoms with van der Waals surface area (Å²) in [6.45, 7) is 4.70. The van der Waals surface area contributed by atoms with Crippen LogP contribution in [0.1, 0.15) is 31.7 Å². The first-order chi connectivity index (χ1) is 10.7. The second kappa shape index (κ2) is 7.21. The maximum atomic E-state index is 13.5. The number of rotatable bonds is 5. The molecule has 0 aliphatic carbocycles. The lowest BCUT2D eigenvalue weighted by Gasteiger charge is -2.34. The predicted molar refractivity (Wildman–Crippen MR) is 85.3 cm³/mol. The fourth-order valence-corrected chi connectivity index (χ4v) is 4.03. The summed E-state index contributed by atoms with van der Waals surface area (Å²) in [4.78, 5) is 0. The van der Waals surface area contributed by atoms with Crippen molar-refractivity contribution in [3.63, 3.8) is 0 Å². The van der Waals surface area contributed by atoms with Gasteiger partial charge >= 0.3 is 0 Å². The number of nitrogens with zero attached hydrogens (tertiary/aromatic N) is 1. The number of piperidine rings is 1. The molecule has 1 aromatic rings. The van der Waals surface area contributed by atoms with Gasteiger partial charge in [-0.2, -0.15) is 17.4 Å². The Balaban J connectivity index is 2.23. The normalized spacial score (nSPS) is 22.7. The molecule has 2 N–H and O–H groups in total. The summed E-state index contributed by atoms with van der Waals surface area (Å²) >= 11 is 0. The quantitative estimate of drug-likeness (QED) is 0.850. The summed E-state index contributed by atoms with van der Waals surface area (Å²) < 4.78 is 55.3. The average molecular weight is 347 g/mol. The largest absolute Gasteiger partial charge is 0.315 e. The molecule has 2 unspecified atom stereocenters. The van der Waals surface area contributed by atoms with Crippen LogP contribution in [-0.2, 0) is 10.2 Å². The van der Waals surface area contributed by atoms with Gasteiger partial charge in [0.05, 0.1) is 0 Å². The summed E-state index contributed by atoms with van der Waals surface area (Å²) in [5, 5.41) is 3.14. The van der Waals surface area contributed by atoms with Crippen molar-refractivity contribution in [2.45, 2.75) is 38.3 Å². The highest BCUT2D eigenvalue weighted by Crippen LogP contribution is 2.27. The molecule has 0 amide bonds. The molecule has 8 heteroatoms. The third kappa shape index (κ3) is 4.26. The van der Waals surface area contributed by atoms with Gasteiger partial charge in [0.15, 0.2) is 11.6 Å². The first kappa shape index (κ1) is 18.3. The van der Waals surface area contributed by atoms with Crippen molar-refractivity contribution in [2.75, 3.05) is 20.1 Å². The van der Waals surface area contributed by atoms with Crippen molar-refractivity contribution in [1.29, 1.82) is 0 Å². The average Bonchev–Trinajstić information content (AvgIpc) is 2.49. The zero-order valence-corrected chi connectivity index (χ0v) is 14.3. The molecule has 0 bridgehead atoms. The summed E-state index contributed by atoms with van der Waals surface area (Å²) in [7, 11) is -2.13. The molecule has 1 aromatic carbocycles. The molecule has 130 valence electrons. The topological polar surface area (TPSA) is 61.4 Å². The molecule has 5 nitrogen and oxygen atoms in total. The second-order valence-electron chi connectivity index (χ2n) is 6.11. The van der Waals surface area contributed by atoms with E-state index in [9.17, 15) is 17.2 Å². The van der Waals surface area contributed by atoms with E-state index in [0.29, 0.717) is 25.1 Å². The molecule has 2 atom stereocenters. The molecule has 1 fully saturated rings. The Kier molecular flexibility index (Phi) is 5.72. The van der Waals surface area contributed by atoms with Gasteiger partial charge in [0.25, 0.3) is 10.2 Å². The van der Waals surface area contributed by atoms with E-state index in [-0.39, 0.29) is 12.0 Å². The maximum absolute atomic E-state index is 13.5. The Morgan fingerprint density at radius 1 is 1.30 bits per heavy atom. The minimum Gasteiger partial charge on any atom is -0.315 e. The molecular formula is C15H23F2N3O2S. The molecule has 1 aliphatic rings. The monoisotopic (exact) mass is 347 g/mol. The van der Waals surface area contributed by atoms with Crippen LogP contribution >= 0.6 is 0 Å². The Morgan fingerprint density at radius 3 is 2.61 bits per heavy atom. The SMILES string of the molecule is CC(C)N(C)S(=O)(=O)NC1CNCCC1c1ccc(F)c(F)c1. The van der Waals surface area contributed by atoms with Crippen molar-refractivity contribution in [1.82, 2.24) is 14.3 Å². The fraction of sp³-hybridized carbons (Fsp3) is 0.600. The zero-order chi connectivity index (χ0) is 17.2. The minimum atomic E-state index is -3.64. The Bertz CT molecular complexity index is 652. The van der Waals surface area contributed by atoms with Crippen LogP contribution in [0.3, 0.4) is 0 Å². The van der Waals surface area contributed by atoms with E-state index in [4.69, 9.17) is 0 Å². The van der Waals surface area contributed by atoms with Crippen molar-refractivity contribution >= 4 is 10.2 Å². The first-order valence-electron chi connectivity index (χ1n) is 7.63. The summed E-state index contributed by atoms with van der Waals surface area (Å²) in [6.07, 6.45) is 0.643. The Morgan fingerprint density at radius 2 is 2.00 bits per heavy atom. The predicted octanol–water partition coefficient (Wildman–Crippen LogP) is 1.58. The van der Waals surface area contributed by atoms with Gasteiger partial charge in [-0.25, -0.2) is 8.78 Å². The van der Waals surface area contributed by atoms with E-state index >= 15 is 0 Å². The standard InChI is InChI=1S/C15H23F2N3O2S/c1-10(2)20(3)23(21,22)19-15-9-18-7-6-12(15)11-4-5-13(16)14(17)8-11/h4-5,8,10,12,15,18-19H,6-7,9H2,1-3H3. The van der Waals surface area contributed by atoms with Crippen LogP contribution in [0.2, 0.25) is 0 Å². The van der Waals surface area contributed by atoms with Gasteiger partial charge in [-0.15, -0.1) is 0 Å². The summed E-state index contributed by atoms with van der Waals surface area (Å²) in [6, 6.07) is 3.16. The van der Waals surface area contributed by atoms with Gasteiger partial charge in [0.2, 0.25) is 0 Å². The highest BCUT2D eigenvalue weighted by Gasteiger charge is 2.32. The maximum Gasteiger partial charge on any atom is 0.279 e. The molecule has 2 rings (SSSR count). The van der Waals surface area contributed by atoms with Crippen LogP contribution in [-0.4, -0.2) is 44.9 Å². The molecule has 0 aromatic heterocycles. The Labute approximate surface area is 136 Å². The van der Waals surface area contributed by atoms with E-state index in [1.807, 2.05) is 0 Å². The number of hydrogen-bond donors (Lipinski definition) is 2. The van der Waals surface area contributed by atoms with E-state index in [1.54, 1.807) is 13.8 Å². The lowest BCUT2D eigenvalue weighted by Crippen LogP contribution is -2.54. The molecule has 0 saturated carbocycles. The summed E-state index contributed by atoms with van der Waals surface area (Å²) in [5.74, 6) is -2.03. The molecule has 1 aliphatic heterocycles. The lowest BCUT2D eigenvalue weighted by atomic mass is 9.86. The van der Waals surface area contributed by atoms with Gasteiger partial charge < -0.3 is 5.32 Å². The van der Waals surface area contributed by atoms with E-state index in [0.717, 1.165) is 12.1 Å². The van der Waals surface area contributed by atoms with Crippen molar-refractivity contribution in [3.8, 4) is 0 Å². The molecule has 1 heterocycles. The van der Waals surface area contributed by atoms with Crippen LogP contribution in [0.25, 0.3) is 0 Å². The van der Waals surface area contributed by atoms with Crippen LogP contribution in [0, 0.1) is 11.6 Å². The third-order valence-electron chi connectivity index (χ3n) is 4.26. The van der Waals surface area contributed by atoms with E-state index < -0.39 is 27.9 Å². The summed E-state index contributed by atoms with van der Waals surface area (Å²) in [5.41, 5.74) is 0.602. The van der Waals surface area contributed by atoms with Crippen LogP contribution < -0.4 is 10.0 Å². The van der Waals surface area contributed by atoms with Crippen molar-refractivity contribution in [2.24, 2.45) is 0 Å². The third-order valence-corrected chi connectivity index (χ3v) is 6.04. The smallest absolute Gasteiger partial charge is 0.279 e.